The number of H-pyrrole nitrogens is 1. The summed E-state index contributed by atoms with van der Waals surface area (Å²) in [6.45, 7) is 1.95. The Hall–Kier alpha value is -3.40. The molecule has 2 amide bonds. The van der Waals surface area contributed by atoms with E-state index in [0.717, 1.165) is 22.3 Å². The number of nitrogens with one attached hydrogen (secondary N) is 4. The van der Waals surface area contributed by atoms with Crippen molar-refractivity contribution >= 4 is 45.1 Å². The highest BCUT2D eigenvalue weighted by Gasteiger charge is 2.14. The number of halogens is 1. The van der Waals surface area contributed by atoms with Crippen molar-refractivity contribution in [3.8, 4) is 0 Å². The van der Waals surface area contributed by atoms with Gasteiger partial charge in [0.2, 0.25) is 5.95 Å². The molecule has 1 aliphatic rings. The fourth-order valence-electron chi connectivity index (χ4n) is 2.94. The molecular formula is C20H21BrN8O. The minimum atomic E-state index is -0.125. The van der Waals surface area contributed by atoms with Crippen molar-refractivity contribution in [3.05, 3.63) is 65.3 Å². The summed E-state index contributed by atoms with van der Waals surface area (Å²) in [5.74, 6) is 1.14. The fourth-order valence-corrected chi connectivity index (χ4v) is 3.27. The van der Waals surface area contributed by atoms with E-state index in [9.17, 15) is 4.79 Å². The van der Waals surface area contributed by atoms with Gasteiger partial charge in [-0.2, -0.15) is 4.98 Å². The quantitative estimate of drug-likeness (QED) is 0.392. The number of urea groups is 1. The second-order valence-corrected chi connectivity index (χ2v) is 7.49. The molecule has 0 saturated carbocycles. The number of carbonyl (C=O) groups excluding carboxylic acids is 1. The zero-order valence-corrected chi connectivity index (χ0v) is 17.7. The number of hydrogen-bond acceptors (Lipinski definition) is 6. The van der Waals surface area contributed by atoms with Crippen LogP contribution in [0.3, 0.4) is 0 Å². The first-order chi connectivity index (χ1) is 14.7. The fraction of sp³-hybridized carbons (Fsp3) is 0.200. The van der Waals surface area contributed by atoms with E-state index in [2.05, 4.69) is 51.8 Å². The maximum atomic E-state index is 12.3. The van der Waals surface area contributed by atoms with Gasteiger partial charge in [0.25, 0.3) is 0 Å². The number of aromatic amines is 1. The van der Waals surface area contributed by atoms with Crippen LogP contribution in [-0.4, -0.2) is 50.5 Å². The Balaban J connectivity index is 1.38. The minimum absolute atomic E-state index is 0.125. The minimum Gasteiger partial charge on any atom is -0.369 e. The normalized spacial score (nSPS) is 12.8. The van der Waals surface area contributed by atoms with E-state index >= 15 is 0 Å². The van der Waals surface area contributed by atoms with E-state index < -0.39 is 0 Å². The van der Waals surface area contributed by atoms with Crippen LogP contribution >= 0.6 is 15.9 Å². The molecule has 4 N–H and O–H groups in total. The number of benzene rings is 1. The lowest BCUT2D eigenvalue weighted by Gasteiger charge is -2.16. The molecule has 0 atom stereocenters. The first-order valence-electron chi connectivity index (χ1n) is 9.49. The second-order valence-electron chi connectivity index (χ2n) is 6.64. The predicted molar refractivity (Wildman–Crippen MR) is 120 cm³/mol. The topological polar surface area (TPSA) is 111 Å². The van der Waals surface area contributed by atoms with Gasteiger partial charge >= 0.3 is 6.03 Å². The highest BCUT2D eigenvalue weighted by molar-refractivity contribution is 9.10. The van der Waals surface area contributed by atoms with Crippen LogP contribution in [0.25, 0.3) is 0 Å². The molecule has 4 rings (SSSR count). The molecule has 0 saturated heterocycles. The number of hydrogen-bond donors (Lipinski definition) is 4. The lowest BCUT2D eigenvalue weighted by molar-refractivity contribution is 0.224. The number of carbonyl (C=O) groups is 1. The maximum Gasteiger partial charge on any atom is 0.322 e. The molecule has 3 heterocycles. The van der Waals surface area contributed by atoms with Gasteiger partial charge in [0.15, 0.2) is 0 Å². The summed E-state index contributed by atoms with van der Waals surface area (Å²) in [4.78, 5) is 30.0. The zero-order chi connectivity index (χ0) is 20.8. The zero-order valence-electron chi connectivity index (χ0n) is 16.1. The molecule has 1 aromatic carbocycles. The first kappa shape index (κ1) is 19.9. The highest BCUT2D eigenvalue weighted by Crippen LogP contribution is 2.23. The van der Waals surface area contributed by atoms with Crippen molar-refractivity contribution in [3.63, 3.8) is 0 Å². The third-order valence-corrected chi connectivity index (χ3v) is 5.03. The highest BCUT2D eigenvalue weighted by atomic mass is 79.9. The molecule has 1 aliphatic heterocycles. The molecule has 0 unspecified atom stereocenters. The van der Waals surface area contributed by atoms with Crippen molar-refractivity contribution in [2.45, 2.75) is 6.42 Å². The van der Waals surface area contributed by atoms with Crippen molar-refractivity contribution < 1.29 is 4.79 Å². The number of nitrogens with zero attached hydrogens (tertiary/aromatic N) is 4. The Kier molecular flexibility index (Phi) is 6.23. The average molecular weight is 469 g/mol. The van der Waals surface area contributed by atoms with Crippen molar-refractivity contribution in [1.29, 1.82) is 0 Å². The second kappa shape index (κ2) is 9.40. The molecule has 9 nitrogen and oxygen atoms in total. The van der Waals surface area contributed by atoms with Crippen molar-refractivity contribution in [2.75, 3.05) is 35.6 Å². The molecule has 0 radical (unpaired) electrons. The molecular weight excluding hydrogens is 448 g/mol. The third-order valence-electron chi connectivity index (χ3n) is 4.45. The maximum absolute atomic E-state index is 12.3. The number of rotatable bonds is 7. The Morgan fingerprint density at radius 3 is 2.83 bits per heavy atom. The van der Waals surface area contributed by atoms with E-state index in [4.69, 9.17) is 0 Å². The summed E-state index contributed by atoms with van der Waals surface area (Å²) in [5, 5.41) is 9.38. The third kappa shape index (κ3) is 5.15. The van der Waals surface area contributed by atoms with Gasteiger partial charge in [0.1, 0.15) is 5.82 Å². The molecule has 3 aromatic rings. The van der Waals surface area contributed by atoms with Gasteiger partial charge in [-0.3, -0.25) is 0 Å². The lowest BCUT2D eigenvalue weighted by Crippen LogP contribution is -2.32. The van der Waals surface area contributed by atoms with E-state index in [1.54, 1.807) is 17.4 Å². The summed E-state index contributed by atoms with van der Waals surface area (Å²) in [6.07, 6.45) is 9.95. The standard InChI is InChI=1S/C20H21BrN8O/c21-17-12-24-19(28-18(17)23-7-6-16-11-22-13-25-16)26-14-4-3-5-15(10-14)27-20(30)29-8-1-2-9-29/h1-5,10-13H,6-9H2,(H,22,25)(H,27,30)(H2,23,24,26,28). The molecule has 0 bridgehead atoms. The van der Waals surface area contributed by atoms with Crippen molar-refractivity contribution in [2.24, 2.45) is 0 Å². The summed E-state index contributed by atoms with van der Waals surface area (Å²) < 4.78 is 0.773. The van der Waals surface area contributed by atoms with Crippen LogP contribution < -0.4 is 16.0 Å². The molecule has 2 aromatic heterocycles. The molecule has 0 aliphatic carbocycles. The van der Waals surface area contributed by atoms with E-state index in [1.165, 1.54) is 0 Å². The van der Waals surface area contributed by atoms with Crippen LogP contribution in [0.4, 0.5) is 27.9 Å². The molecule has 0 spiro atoms. The van der Waals surface area contributed by atoms with Gasteiger partial charge in [-0.25, -0.2) is 14.8 Å². The van der Waals surface area contributed by atoms with Gasteiger partial charge in [0.05, 0.1) is 16.5 Å². The average Bonchev–Trinajstić information content (AvgIpc) is 3.45. The molecule has 154 valence electrons. The molecule has 10 heteroatoms. The van der Waals surface area contributed by atoms with Crippen LogP contribution in [0.2, 0.25) is 0 Å². The van der Waals surface area contributed by atoms with Gasteiger partial charge in [-0.1, -0.05) is 18.2 Å². The Labute approximate surface area is 182 Å². The SMILES string of the molecule is O=C(Nc1cccc(Nc2ncc(Br)c(NCCc3c[nH]cn3)n2)c1)N1CC=CC1. The first-order valence-corrected chi connectivity index (χ1v) is 10.3. The van der Waals surface area contributed by atoms with E-state index in [0.29, 0.717) is 37.1 Å². The van der Waals surface area contributed by atoms with Crippen LogP contribution in [0.1, 0.15) is 5.69 Å². The lowest BCUT2D eigenvalue weighted by atomic mass is 10.3. The van der Waals surface area contributed by atoms with Crippen LogP contribution in [0.5, 0.6) is 0 Å². The summed E-state index contributed by atoms with van der Waals surface area (Å²) in [6, 6.07) is 7.32. The van der Waals surface area contributed by atoms with Gasteiger partial charge in [0, 0.05) is 49.8 Å². The summed E-state index contributed by atoms with van der Waals surface area (Å²) in [7, 11) is 0. The Bertz CT molecular complexity index is 1030. The Morgan fingerprint density at radius 1 is 1.20 bits per heavy atom. The van der Waals surface area contributed by atoms with E-state index in [-0.39, 0.29) is 6.03 Å². The monoisotopic (exact) mass is 468 g/mol. The van der Waals surface area contributed by atoms with Crippen LogP contribution in [0.15, 0.2) is 59.6 Å². The van der Waals surface area contributed by atoms with Gasteiger partial charge in [-0.15, -0.1) is 0 Å². The number of anilines is 4. The largest absolute Gasteiger partial charge is 0.369 e. The smallest absolute Gasteiger partial charge is 0.322 e. The molecule has 0 fully saturated rings. The van der Waals surface area contributed by atoms with Crippen LogP contribution in [0, 0.1) is 0 Å². The number of imidazole rings is 1. The number of aromatic nitrogens is 4. The summed E-state index contributed by atoms with van der Waals surface area (Å²) in [5.41, 5.74) is 2.46. The van der Waals surface area contributed by atoms with Crippen molar-refractivity contribution in [1.82, 2.24) is 24.8 Å². The number of amides is 2. The predicted octanol–water partition coefficient (Wildman–Crippen LogP) is 3.76. The van der Waals surface area contributed by atoms with Crippen LogP contribution in [-0.2, 0) is 6.42 Å². The Morgan fingerprint density at radius 2 is 2.03 bits per heavy atom. The summed E-state index contributed by atoms with van der Waals surface area (Å²) >= 11 is 3.47. The van der Waals surface area contributed by atoms with Gasteiger partial charge < -0.3 is 25.8 Å². The van der Waals surface area contributed by atoms with E-state index in [1.807, 2.05) is 42.6 Å². The molecule has 30 heavy (non-hydrogen) atoms. The van der Waals surface area contributed by atoms with Gasteiger partial charge in [-0.05, 0) is 34.1 Å².